The molecule has 0 saturated heterocycles. The second kappa shape index (κ2) is 10.00. The molecular formula is C37H30N2. The number of nitrogens with zero attached hydrogens (tertiary/aromatic N) is 1. The summed E-state index contributed by atoms with van der Waals surface area (Å²) >= 11 is 0. The molecule has 0 aliphatic heterocycles. The maximum atomic E-state index is 4.05. The summed E-state index contributed by atoms with van der Waals surface area (Å²) in [7, 11) is 0. The van der Waals surface area contributed by atoms with Crippen molar-refractivity contribution in [2.24, 2.45) is 0 Å². The average Bonchev–Trinajstić information content (AvgIpc) is 3.51. The lowest BCUT2D eigenvalue weighted by Crippen LogP contribution is -1.94. The molecule has 0 amide bonds. The maximum absolute atomic E-state index is 4.05. The van der Waals surface area contributed by atoms with Gasteiger partial charge < -0.3 is 9.55 Å². The van der Waals surface area contributed by atoms with Crippen LogP contribution in [0.2, 0.25) is 0 Å². The summed E-state index contributed by atoms with van der Waals surface area (Å²) in [5, 5.41) is 2.34. The summed E-state index contributed by atoms with van der Waals surface area (Å²) in [6.07, 6.45) is 11.8. The highest BCUT2D eigenvalue weighted by molar-refractivity contribution is 6.20. The smallest absolute Gasteiger partial charge is 0.0798 e. The van der Waals surface area contributed by atoms with Gasteiger partial charge in [-0.3, -0.25) is 0 Å². The highest BCUT2D eigenvalue weighted by Gasteiger charge is 2.20. The second-order valence-corrected chi connectivity index (χ2v) is 9.59. The highest BCUT2D eigenvalue weighted by atomic mass is 15.0. The molecule has 4 aromatic carbocycles. The third kappa shape index (κ3) is 3.98. The van der Waals surface area contributed by atoms with Crippen LogP contribution in [-0.2, 0) is 0 Å². The molecule has 188 valence electrons. The van der Waals surface area contributed by atoms with Gasteiger partial charge in [-0.25, -0.2) is 0 Å². The molecule has 0 radical (unpaired) electrons. The van der Waals surface area contributed by atoms with Crippen LogP contribution in [0, 0.1) is 0 Å². The molecular weight excluding hydrogens is 472 g/mol. The van der Waals surface area contributed by atoms with Crippen molar-refractivity contribution in [3.05, 3.63) is 146 Å². The lowest BCUT2D eigenvalue weighted by atomic mass is 10.0. The minimum atomic E-state index is 1.04. The number of fused-ring (bicyclic) bond motifs is 5. The van der Waals surface area contributed by atoms with Gasteiger partial charge in [-0.05, 0) is 59.0 Å². The topological polar surface area (TPSA) is 20.7 Å². The fourth-order valence-electron chi connectivity index (χ4n) is 5.58. The van der Waals surface area contributed by atoms with Gasteiger partial charge in [0.05, 0.1) is 22.1 Å². The van der Waals surface area contributed by atoms with Crippen molar-refractivity contribution in [2.75, 3.05) is 0 Å². The van der Waals surface area contributed by atoms with E-state index in [1.165, 1.54) is 22.0 Å². The van der Waals surface area contributed by atoms with Crippen LogP contribution >= 0.6 is 0 Å². The number of hydrogen-bond donors (Lipinski definition) is 1. The van der Waals surface area contributed by atoms with Crippen LogP contribution in [0.4, 0.5) is 0 Å². The first-order chi connectivity index (χ1) is 19.2. The van der Waals surface area contributed by atoms with Gasteiger partial charge in [0.25, 0.3) is 0 Å². The summed E-state index contributed by atoms with van der Waals surface area (Å²) in [5.41, 5.74) is 12.5. The normalized spacial score (nSPS) is 12.1. The van der Waals surface area contributed by atoms with Gasteiger partial charge in [0, 0.05) is 22.0 Å². The Morgan fingerprint density at radius 3 is 2.26 bits per heavy atom. The van der Waals surface area contributed by atoms with Crippen LogP contribution in [0.25, 0.3) is 67.4 Å². The summed E-state index contributed by atoms with van der Waals surface area (Å²) < 4.78 is 2.37. The summed E-state index contributed by atoms with van der Waals surface area (Å²) in [4.78, 5) is 3.81. The Bertz CT molecular complexity index is 1940. The Balaban J connectivity index is 1.69. The molecule has 2 heterocycles. The van der Waals surface area contributed by atoms with Crippen molar-refractivity contribution >= 4 is 50.6 Å². The van der Waals surface area contributed by atoms with Crippen LogP contribution < -0.4 is 0 Å². The lowest BCUT2D eigenvalue weighted by molar-refractivity contribution is 1.19. The maximum Gasteiger partial charge on any atom is 0.0798 e. The van der Waals surface area contributed by atoms with E-state index in [4.69, 9.17) is 0 Å². The van der Waals surface area contributed by atoms with Crippen LogP contribution in [-0.4, -0.2) is 9.55 Å². The standard InChI is InChI=1S/C37H30N2/c1-5-12-25(7-3)29-19-23-34-33(24-29)36-37(32-22-18-26(8-4)31(13-6-2)35(32)38-36)39(34)30-20-16-28(17-21-30)27-14-10-9-11-15-27/h5-24,38H,1,3-4H2,2H3/b13-6-,25-12+. The Hall–Kier alpha value is -5.08. The van der Waals surface area contributed by atoms with E-state index in [9.17, 15) is 0 Å². The lowest BCUT2D eigenvalue weighted by Gasteiger charge is -2.11. The zero-order chi connectivity index (χ0) is 26.9. The molecule has 1 N–H and O–H groups in total. The van der Waals surface area contributed by atoms with E-state index >= 15 is 0 Å². The van der Waals surface area contributed by atoms with Crippen molar-refractivity contribution in [2.45, 2.75) is 6.92 Å². The molecule has 0 unspecified atom stereocenters. The predicted molar refractivity (Wildman–Crippen MR) is 171 cm³/mol. The van der Waals surface area contributed by atoms with E-state index in [0.717, 1.165) is 49.9 Å². The van der Waals surface area contributed by atoms with Gasteiger partial charge in [0.1, 0.15) is 0 Å². The van der Waals surface area contributed by atoms with Crippen LogP contribution in [0.15, 0.2) is 129 Å². The molecule has 2 heteroatoms. The average molecular weight is 503 g/mol. The first-order valence-corrected chi connectivity index (χ1v) is 13.2. The molecule has 2 nitrogen and oxygen atoms in total. The number of nitrogens with one attached hydrogen (secondary N) is 1. The predicted octanol–water partition coefficient (Wildman–Crippen LogP) is 10.4. The van der Waals surface area contributed by atoms with Crippen molar-refractivity contribution in [3.63, 3.8) is 0 Å². The van der Waals surface area contributed by atoms with Crippen molar-refractivity contribution < 1.29 is 0 Å². The zero-order valence-electron chi connectivity index (χ0n) is 22.1. The monoisotopic (exact) mass is 502 g/mol. The fraction of sp³-hybridized carbons (Fsp3) is 0.0270. The van der Waals surface area contributed by atoms with Crippen LogP contribution in [0.3, 0.4) is 0 Å². The van der Waals surface area contributed by atoms with Crippen molar-refractivity contribution in [1.29, 1.82) is 0 Å². The van der Waals surface area contributed by atoms with Crippen LogP contribution in [0.5, 0.6) is 0 Å². The second-order valence-electron chi connectivity index (χ2n) is 9.59. The molecule has 39 heavy (non-hydrogen) atoms. The summed E-state index contributed by atoms with van der Waals surface area (Å²) in [5.74, 6) is 0. The number of H-pyrrole nitrogens is 1. The number of rotatable bonds is 7. The Kier molecular flexibility index (Phi) is 6.22. The molecule has 0 aliphatic rings. The van der Waals surface area contributed by atoms with Gasteiger partial charge in [-0.15, -0.1) is 0 Å². The van der Waals surface area contributed by atoms with Gasteiger partial charge >= 0.3 is 0 Å². The Morgan fingerprint density at radius 2 is 1.56 bits per heavy atom. The first kappa shape index (κ1) is 24.3. The van der Waals surface area contributed by atoms with Crippen LogP contribution in [0.1, 0.15) is 23.6 Å². The number of aromatic amines is 1. The van der Waals surface area contributed by atoms with E-state index in [1.807, 2.05) is 31.2 Å². The number of hydrogen-bond acceptors (Lipinski definition) is 0. The van der Waals surface area contributed by atoms with E-state index < -0.39 is 0 Å². The molecule has 6 rings (SSSR count). The molecule has 0 spiro atoms. The first-order valence-electron chi connectivity index (χ1n) is 13.2. The summed E-state index contributed by atoms with van der Waals surface area (Å²) in [6, 6.07) is 30.3. The van der Waals surface area contributed by atoms with Gasteiger partial charge in [0.2, 0.25) is 0 Å². The molecule has 0 atom stereocenters. The number of aromatic nitrogens is 2. The van der Waals surface area contributed by atoms with E-state index in [-0.39, 0.29) is 0 Å². The quantitative estimate of drug-likeness (QED) is 0.210. The van der Waals surface area contributed by atoms with Gasteiger partial charge in [0.15, 0.2) is 0 Å². The number of allylic oxidation sites excluding steroid dienone is 5. The molecule has 0 aliphatic carbocycles. The highest BCUT2D eigenvalue weighted by Crippen LogP contribution is 2.40. The molecule has 0 saturated carbocycles. The summed E-state index contributed by atoms with van der Waals surface area (Å²) in [6.45, 7) is 14.0. The minimum Gasteiger partial charge on any atom is -0.352 e. The van der Waals surface area contributed by atoms with Gasteiger partial charge in [-0.2, -0.15) is 0 Å². The SMILES string of the molecule is C=C/C=C(\C=C)c1ccc2c(c1)c1[nH]c3c(/C=C\C)c(C=C)ccc3c1n2-c1ccc(-c2ccccc2)cc1. The number of benzene rings is 4. The van der Waals surface area contributed by atoms with E-state index in [2.05, 4.69) is 120 Å². The Labute approximate surface area is 229 Å². The third-order valence-corrected chi connectivity index (χ3v) is 7.39. The third-order valence-electron chi connectivity index (χ3n) is 7.39. The van der Waals surface area contributed by atoms with E-state index in [1.54, 1.807) is 6.08 Å². The van der Waals surface area contributed by atoms with Crippen molar-refractivity contribution in [3.8, 4) is 16.8 Å². The Morgan fingerprint density at radius 1 is 0.795 bits per heavy atom. The van der Waals surface area contributed by atoms with Gasteiger partial charge in [-0.1, -0.05) is 117 Å². The minimum absolute atomic E-state index is 1.04. The largest absolute Gasteiger partial charge is 0.352 e. The fourth-order valence-corrected chi connectivity index (χ4v) is 5.58. The molecule has 0 fully saturated rings. The molecule has 0 bridgehead atoms. The van der Waals surface area contributed by atoms with Crippen molar-refractivity contribution in [1.82, 2.24) is 9.55 Å². The van der Waals surface area contributed by atoms with E-state index in [0.29, 0.717) is 0 Å². The zero-order valence-corrected chi connectivity index (χ0v) is 22.1. The molecule has 2 aromatic heterocycles. The molecule has 6 aromatic rings.